The van der Waals surface area contributed by atoms with Crippen molar-refractivity contribution in [2.45, 2.75) is 100 Å². The minimum Gasteiger partial charge on any atom is -0.512 e. The predicted molar refractivity (Wildman–Crippen MR) is 229 cm³/mol. The largest absolute Gasteiger partial charge is 0.512 e. The van der Waals surface area contributed by atoms with Crippen LogP contribution in [0.1, 0.15) is 105 Å². The van der Waals surface area contributed by atoms with Crippen LogP contribution in [0.5, 0.6) is 0 Å². The number of aliphatic hydroxyl groups is 1. The Hall–Kier alpha value is -3.00. The Labute approximate surface area is 340 Å². The molecule has 0 saturated heterocycles. The van der Waals surface area contributed by atoms with Gasteiger partial charge in [-0.05, 0) is 70.5 Å². The van der Waals surface area contributed by atoms with Crippen molar-refractivity contribution < 1.29 is 30.0 Å². The molecule has 0 aliphatic carbocycles. The number of fused-ring (bicyclic) bond motifs is 8. The molecule has 281 valence electrons. The van der Waals surface area contributed by atoms with Crippen LogP contribution in [0.4, 0.5) is 0 Å². The van der Waals surface area contributed by atoms with Crippen molar-refractivity contribution in [3.8, 4) is 11.3 Å². The maximum Gasteiger partial charge on any atom is 0.162 e. The van der Waals surface area contributed by atoms with Gasteiger partial charge in [0, 0.05) is 63.2 Å². The topological polar surface area (TPSA) is 63.1 Å². The van der Waals surface area contributed by atoms with Crippen LogP contribution in [0.3, 0.4) is 0 Å². The maximum absolute atomic E-state index is 11.7. The molecular formula is C45H51IrN2O2S3-. The van der Waals surface area contributed by atoms with Crippen molar-refractivity contribution in [3.05, 3.63) is 83.9 Å². The van der Waals surface area contributed by atoms with E-state index in [0.717, 1.165) is 53.6 Å². The molecule has 1 radical (unpaired) electrons. The van der Waals surface area contributed by atoms with E-state index in [1.165, 1.54) is 56.9 Å². The minimum absolute atomic E-state index is 0. The number of thiophene rings is 3. The summed E-state index contributed by atoms with van der Waals surface area (Å²) < 4.78 is 6.47. The Morgan fingerprint density at radius 2 is 1.53 bits per heavy atom. The average molecular weight is 940 g/mol. The van der Waals surface area contributed by atoms with E-state index in [1.807, 2.05) is 61.7 Å². The third-order valence-electron chi connectivity index (χ3n) is 10.1. The van der Waals surface area contributed by atoms with E-state index >= 15 is 0 Å². The van der Waals surface area contributed by atoms with E-state index in [0.29, 0.717) is 5.92 Å². The first-order chi connectivity index (χ1) is 24.9. The zero-order chi connectivity index (χ0) is 37.3. The first kappa shape index (κ1) is 41.2. The second-order valence-corrected chi connectivity index (χ2v) is 18.7. The van der Waals surface area contributed by atoms with E-state index in [1.54, 1.807) is 6.33 Å². The van der Waals surface area contributed by atoms with Gasteiger partial charge in [0.2, 0.25) is 0 Å². The van der Waals surface area contributed by atoms with Crippen LogP contribution in [-0.2, 0) is 31.3 Å². The molecule has 0 saturated carbocycles. The number of hydrogen-bond acceptors (Lipinski definition) is 7. The van der Waals surface area contributed by atoms with Gasteiger partial charge in [0.1, 0.15) is 6.33 Å². The Morgan fingerprint density at radius 3 is 2.19 bits per heavy atom. The van der Waals surface area contributed by atoms with Gasteiger partial charge >= 0.3 is 0 Å². The van der Waals surface area contributed by atoms with Crippen molar-refractivity contribution in [1.29, 1.82) is 0 Å². The summed E-state index contributed by atoms with van der Waals surface area (Å²) in [5.41, 5.74) is 6.12. The van der Waals surface area contributed by atoms with Crippen molar-refractivity contribution in [2.24, 2.45) is 17.3 Å². The smallest absolute Gasteiger partial charge is 0.162 e. The summed E-state index contributed by atoms with van der Waals surface area (Å²) in [7, 11) is 0. The van der Waals surface area contributed by atoms with Gasteiger partial charge in [-0.2, -0.15) is 0 Å². The number of nitrogens with zero attached hydrogens (tertiary/aromatic N) is 2. The fraction of sp³-hybridized carbons (Fsp3) is 0.400. The summed E-state index contributed by atoms with van der Waals surface area (Å²) in [6, 6.07) is 21.6. The Balaban J connectivity index is 0.000000290. The van der Waals surface area contributed by atoms with Gasteiger partial charge in [0.05, 0.1) is 15.3 Å². The molecule has 4 nitrogen and oxygen atoms in total. The van der Waals surface area contributed by atoms with E-state index in [4.69, 9.17) is 9.97 Å². The van der Waals surface area contributed by atoms with Crippen LogP contribution in [0.2, 0.25) is 0 Å². The second-order valence-electron chi connectivity index (χ2n) is 15.4. The van der Waals surface area contributed by atoms with Crippen molar-refractivity contribution in [1.82, 2.24) is 9.97 Å². The molecule has 8 heteroatoms. The molecule has 0 bridgehead atoms. The van der Waals surface area contributed by atoms with E-state index in [-0.39, 0.29) is 48.9 Å². The molecule has 4 heterocycles. The first-order valence-corrected chi connectivity index (χ1v) is 21.2. The fourth-order valence-corrected chi connectivity index (χ4v) is 11.1. The number of carbonyl (C=O) groups excluding carboxylic acids is 1. The Morgan fingerprint density at radius 1 is 0.849 bits per heavy atom. The molecule has 0 amide bonds. The van der Waals surface area contributed by atoms with Crippen molar-refractivity contribution >= 4 is 89.7 Å². The van der Waals surface area contributed by atoms with Crippen LogP contribution in [0, 0.1) is 23.3 Å². The van der Waals surface area contributed by atoms with Crippen LogP contribution in [0.25, 0.3) is 61.1 Å². The summed E-state index contributed by atoms with van der Waals surface area (Å²) in [5.74, 6) is 0.941. The predicted octanol–water partition coefficient (Wildman–Crippen LogP) is 14.5. The van der Waals surface area contributed by atoms with Gasteiger partial charge in [-0.3, -0.25) is 9.78 Å². The molecular weight excluding hydrogens is 889 g/mol. The molecule has 0 unspecified atom stereocenters. The molecule has 0 fully saturated rings. The van der Waals surface area contributed by atoms with Crippen LogP contribution < -0.4 is 0 Å². The Bertz CT molecular complexity index is 2400. The van der Waals surface area contributed by atoms with Crippen LogP contribution in [0.15, 0.2) is 66.7 Å². The number of benzene rings is 3. The van der Waals surface area contributed by atoms with E-state index in [2.05, 4.69) is 89.2 Å². The molecule has 53 heavy (non-hydrogen) atoms. The normalized spacial score (nSPS) is 12.5. The van der Waals surface area contributed by atoms with Gasteiger partial charge in [-0.1, -0.05) is 104 Å². The average Bonchev–Trinajstić information content (AvgIpc) is 3.78. The van der Waals surface area contributed by atoms with Gasteiger partial charge in [0.25, 0.3) is 0 Å². The molecule has 4 aromatic heterocycles. The Kier molecular flexibility index (Phi) is 13.4. The molecule has 1 N–H and O–H groups in total. The van der Waals surface area contributed by atoms with Crippen LogP contribution in [-0.4, -0.2) is 20.9 Å². The van der Waals surface area contributed by atoms with Crippen molar-refractivity contribution in [2.75, 3.05) is 0 Å². The third-order valence-corrected chi connectivity index (χ3v) is 13.8. The number of aliphatic hydroxyl groups excluding tert-OH is 1. The summed E-state index contributed by atoms with van der Waals surface area (Å²) in [5, 5.41) is 15.1. The zero-order valence-corrected chi connectivity index (χ0v) is 37.2. The SMILES string of the molecule is CC(C)c1cc(-c2ncnc3c2sc2c(CC(C)(C)C)cccc23)[c-]c2sc3sc4ccccc4c3c12.CCC(CC)C(=O)/C=C(\O)C(CC)CC.[Ir]. The van der Waals surface area contributed by atoms with Gasteiger partial charge < -0.3 is 5.11 Å². The number of carbonyl (C=O) groups is 1. The summed E-state index contributed by atoms with van der Waals surface area (Å²) in [6.45, 7) is 19.6. The van der Waals surface area contributed by atoms with Gasteiger partial charge in [0.15, 0.2) is 5.78 Å². The quantitative estimate of drug-likeness (QED) is 0.0843. The zero-order valence-electron chi connectivity index (χ0n) is 32.3. The van der Waals surface area contributed by atoms with Crippen molar-refractivity contribution in [3.63, 3.8) is 0 Å². The summed E-state index contributed by atoms with van der Waals surface area (Å²) >= 11 is 5.61. The fourth-order valence-electron chi connectivity index (χ4n) is 7.26. The van der Waals surface area contributed by atoms with Gasteiger partial charge in [-0.25, -0.2) is 4.98 Å². The molecule has 0 aliphatic heterocycles. The number of rotatable bonds is 10. The number of aromatic nitrogens is 2. The summed E-state index contributed by atoms with van der Waals surface area (Å²) in [4.78, 5) is 21.3. The maximum atomic E-state index is 11.7. The number of allylic oxidation sites excluding steroid dienone is 2. The molecule has 0 atom stereocenters. The van der Waals surface area contributed by atoms with E-state index < -0.39 is 0 Å². The molecule has 0 aliphatic rings. The molecule has 0 spiro atoms. The van der Waals surface area contributed by atoms with E-state index in [9.17, 15) is 9.90 Å². The molecule has 3 aromatic carbocycles. The van der Waals surface area contributed by atoms with Crippen LogP contribution >= 0.6 is 34.0 Å². The second kappa shape index (κ2) is 17.2. The summed E-state index contributed by atoms with van der Waals surface area (Å²) in [6.07, 6.45) is 7.67. The number of ketones is 1. The minimum atomic E-state index is 0. The molecule has 7 rings (SSSR count). The monoisotopic (exact) mass is 940 g/mol. The van der Waals surface area contributed by atoms with Gasteiger partial charge in [-0.15, -0.1) is 57.3 Å². The third kappa shape index (κ3) is 8.48. The standard InChI is InChI=1S/C32H27N2S3.C13H24O2.Ir/c1-17(2)22-13-19(14-24-25(22)26-20-10-6-7-12-23(20)35-31(26)36-24)27-30-28(34-16-33-27)21-11-8-9-18(29(21)37-30)15-32(3,4)5;1-5-10(6-2)12(14)9-13(15)11(7-3)8-4;/h6-13,16-17H,15H2,1-5H3;9-11,14H,5-8H2,1-4H3;/q-1;;/b;12-9-;. The number of hydrogen-bond donors (Lipinski definition) is 1. The molecule has 7 aromatic rings. The first-order valence-electron chi connectivity index (χ1n) is 18.8.